The monoisotopic (exact) mass is 152 g/mol. The summed E-state index contributed by atoms with van der Waals surface area (Å²) in [6, 6.07) is 10.5. The van der Waals surface area contributed by atoms with Crippen molar-refractivity contribution in [3.63, 3.8) is 0 Å². The summed E-state index contributed by atoms with van der Waals surface area (Å²) in [4.78, 5) is 4.13. The van der Waals surface area contributed by atoms with Gasteiger partial charge in [0.1, 0.15) is 0 Å². The van der Waals surface area contributed by atoms with E-state index >= 15 is 0 Å². The van der Waals surface area contributed by atoms with Crippen LogP contribution in [0, 0.1) is 18.4 Å². The van der Waals surface area contributed by atoms with Crippen LogP contribution >= 0.6 is 0 Å². The molecule has 0 saturated carbocycles. The van der Waals surface area contributed by atoms with E-state index in [0.29, 0.717) is 0 Å². The molecular weight excluding hydrogens is 146 g/mol. The number of benzene rings is 1. The second-order valence-electron chi connectivity index (χ2n) is 2.49. The Morgan fingerprint density at radius 2 is 2.33 bits per heavy atom. The second kappa shape index (κ2) is 2.67. The van der Waals surface area contributed by atoms with Gasteiger partial charge in [-0.25, -0.2) is 0 Å². The maximum Gasteiger partial charge on any atom is 0.0703 e. The summed E-state index contributed by atoms with van der Waals surface area (Å²) in [7, 11) is 0. The van der Waals surface area contributed by atoms with E-state index in [1.807, 2.05) is 24.3 Å². The first kappa shape index (κ1) is 6.87. The van der Waals surface area contributed by atoms with E-state index in [1.165, 1.54) is 0 Å². The highest BCUT2D eigenvalue weighted by atomic mass is 14.6. The van der Waals surface area contributed by atoms with E-state index in [0.717, 1.165) is 16.5 Å². The lowest BCUT2D eigenvalue weighted by atomic mass is 10.1. The van der Waals surface area contributed by atoms with Crippen LogP contribution in [-0.2, 0) is 0 Å². The summed E-state index contributed by atoms with van der Waals surface area (Å²) in [6.07, 6.45) is 6.91. The molecule has 12 heavy (non-hydrogen) atoms. The molecule has 0 aliphatic rings. The normalized spacial score (nSPS) is 9.58. The molecule has 1 aromatic heterocycles. The van der Waals surface area contributed by atoms with Crippen LogP contribution < -0.4 is 0 Å². The molecule has 1 radical (unpaired) electrons. The van der Waals surface area contributed by atoms with Gasteiger partial charge in [-0.3, -0.25) is 4.98 Å². The minimum Gasteiger partial charge on any atom is -0.256 e. The van der Waals surface area contributed by atoms with Gasteiger partial charge < -0.3 is 0 Å². The Morgan fingerprint density at radius 1 is 1.42 bits per heavy atom. The summed E-state index contributed by atoms with van der Waals surface area (Å²) >= 11 is 0. The molecule has 0 atom stereocenters. The molecule has 1 aromatic carbocycles. The van der Waals surface area contributed by atoms with Gasteiger partial charge in [0.05, 0.1) is 5.52 Å². The Labute approximate surface area is 71.1 Å². The Kier molecular flexibility index (Phi) is 1.53. The largest absolute Gasteiger partial charge is 0.256 e. The summed E-state index contributed by atoms with van der Waals surface area (Å²) < 4.78 is 0. The number of terminal acetylenes is 1. The number of fused-ring (bicyclic) bond motifs is 1. The van der Waals surface area contributed by atoms with Crippen molar-refractivity contribution in [2.75, 3.05) is 0 Å². The van der Waals surface area contributed by atoms with Crippen molar-refractivity contribution in [1.82, 2.24) is 4.98 Å². The Morgan fingerprint density at radius 3 is 3.17 bits per heavy atom. The molecule has 0 N–H and O–H groups in total. The molecule has 0 bridgehead atoms. The maximum atomic E-state index is 5.26. The lowest BCUT2D eigenvalue weighted by Gasteiger charge is -1.95. The molecule has 2 rings (SSSR count). The topological polar surface area (TPSA) is 12.9 Å². The van der Waals surface area contributed by atoms with Gasteiger partial charge in [-0.2, -0.15) is 0 Å². The predicted octanol–water partition coefficient (Wildman–Crippen LogP) is 2.02. The molecular formula is C11H6N. The number of rotatable bonds is 0. The molecule has 1 heterocycles. The van der Waals surface area contributed by atoms with Crippen molar-refractivity contribution in [2.45, 2.75) is 0 Å². The summed E-state index contributed by atoms with van der Waals surface area (Å²) in [5.41, 5.74) is 1.83. The third kappa shape index (κ3) is 1.04. The van der Waals surface area contributed by atoms with Crippen LogP contribution in [0.2, 0.25) is 0 Å². The zero-order valence-electron chi connectivity index (χ0n) is 6.41. The van der Waals surface area contributed by atoms with E-state index in [2.05, 4.69) is 17.0 Å². The van der Waals surface area contributed by atoms with Crippen molar-refractivity contribution >= 4 is 10.9 Å². The van der Waals surface area contributed by atoms with Gasteiger partial charge >= 0.3 is 0 Å². The smallest absolute Gasteiger partial charge is 0.0703 e. The number of aromatic nitrogens is 1. The number of hydrogen-bond acceptors (Lipinski definition) is 1. The van der Waals surface area contributed by atoms with Gasteiger partial charge in [-0.05, 0) is 24.3 Å². The van der Waals surface area contributed by atoms with E-state index in [9.17, 15) is 0 Å². The molecule has 0 aliphatic carbocycles. The predicted molar refractivity (Wildman–Crippen MR) is 48.5 cm³/mol. The van der Waals surface area contributed by atoms with Crippen molar-refractivity contribution in [2.24, 2.45) is 0 Å². The van der Waals surface area contributed by atoms with Gasteiger partial charge in [0.15, 0.2) is 0 Å². The molecule has 0 unspecified atom stereocenters. The molecule has 0 fully saturated rings. The fraction of sp³-hybridized carbons (Fsp3) is 0. The SMILES string of the molecule is C#Cc1ccc2nc[c]cc2c1. The Balaban J connectivity index is 2.78. The number of nitrogens with zero attached hydrogens (tertiary/aromatic N) is 1. The minimum atomic E-state index is 0.879. The molecule has 55 valence electrons. The van der Waals surface area contributed by atoms with Gasteiger partial charge in [0, 0.05) is 23.2 Å². The van der Waals surface area contributed by atoms with Crippen LogP contribution in [0.5, 0.6) is 0 Å². The van der Waals surface area contributed by atoms with Crippen molar-refractivity contribution in [3.05, 3.63) is 42.1 Å². The number of hydrogen-bond donors (Lipinski definition) is 0. The minimum absolute atomic E-state index is 0.879. The summed E-state index contributed by atoms with van der Waals surface area (Å²) in [5, 5.41) is 1.04. The fourth-order valence-electron chi connectivity index (χ4n) is 1.11. The van der Waals surface area contributed by atoms with Gasteiger partial charge in [0.2, 0.25) is 0 Å². The molecule has 0 aliphatic heterocycles. The van der Waals surface area contributed by atoms with Crippen LogP contribution in [0.3, 0.4) is 0 Å². The lowest BCUT2D eigenvalue weighted by molar-refractivity contribution is 1.40. The first-order valence-electron chi connectivity index (χ1n) is 3.62. The third-order valence-electron chi connectivity index (χ3n) is 1.71. The molecule has 0 spiro atoms. The van der Waals surface area contributed by atoms with Crippen LogP contribution in [-0.4, -0.2) is 4.98 Å². The van der Waals surface area contributed by atoms with Gasteiger partial charge in [-0.1, -0.05) is 5.92 Å². The molecule has 0 saturated heterocycles. The van der Waals surface area contributed by atoms with E-state index < -0.39 is 0 Å². The Bertz CT molecular complexity index is 452. The quantitative estimate of drug-likeness (QED) is 0.526. The van der Waals surface area contributed by atoms with Gasteiger partial charge in [-0.15, -0.1) is 6.42 Å². The first-order chi connectivity index (χ1) is 5.90. The van der Waals surface area contributed by atoms with Crippen LogP contribution in [0.25, 0.3) is 10.9 Å². The molecule has 1 heteroatoms. The zero-order valence-corrected chi connectivity index (χ0v) is 6.41. The average Bonchev–Trinajstić information content (AvgIpc) is 2.17. The first-order valence-corrected chi connectivity index (χ1v) is 3.62. The van der Waals surface area contributed by atoms with E-state index in [4.69, 9.17) is 6.42 Å². The van der Waals surface area contributed by atoms with Crippen molar-refractivity contribution < 1.29 is 0 Å². The standard InChI is InChI=1S/C11H6N/c1-2-9-5-6-11-10(8-9)4-3-7-12-11/h1,4-8H. The highest BCUT2D eigenvalue weighted by molar-refractivity contribution is 5.79. The van der Waals surface area contributed by atoms with Crippen LogP contribution in [0.4, 0.5) is 0 Å². The van der Waals surface area contributed by atoms with Crippen molar-refractivity contribution in [1.29, 1.82) is 0 Å². The van der Waals surface area contributed by atoms with Crippen molar-refractivity contribution in [3.8, 4) is 12.3 Å². The van der Waals surface area contributed by atoms with Gasteiger partial charge in [0.25, 0.3) is 0 Å². The van der Waals surface area contributed by atoms with E-state index in [1.54, 1.807) is 6.20 Å². The van der Waals surface area contributed by atoms with Crippen LogP contribution in [0.1, 0.15) is 5.56 Å². The van der Waals surface area contributed by atoms with E-state index in [-0.39, 0.29) is 0 Å². The summed E-state index contributed by atoms with van der Waals surface area (Å²) in [5.74, 6) is 2.58. The maximum absolute atomic E-state index is 5.26. The zero-order chi connectivity index (χ0) is 8.39. The molecule has 0 amide bonds. The molecule has 2 aromatic rings. The number of pyridine rings is 1. The average molecular weight is 152 g/mol. The third-order valence-corrected chi connectivity index (χ3v) is 1.71. The van der Waals surface area contributed by atoms with Crippen LogP contribution in [0.15, 0.2) is 30.5 Å². The fourth-order valence-corrected chi connectivity index (χ4v) is 1.11. The summed E-state index contributed by atoms with van der Waals surface area (Å²) in [6.45, 7) is 0. The Hall–Kier alpha value is -1.81. The lowest BCUT2D eigenvalue weighted by Crippen LogP contribution is -1.78. The highest BCUT2D eigenvalue weighted by Crippen LogP contribution is 2.11. The molecule has 1 nitrogen and oxygen atoms in total. The highest BCUT2D eigenvalue weighted by Gasteiger charge is 1.92. The second-order valence-corrected chi connectivity index (χ2v) is 2.49.